The van der Waals surface area contributed by atoms with Crippen molar-refractivity contribution in [2.45, 2.75) is 20.3 Å². The summed E-state index contributed by atoms with van der Waals surface area (Å²) < 4.78 is 0. The van der Waals surface area contributed by atoms with Crippen LogP contribution in [0.4, 0.5) is 0 Å². The Kier molecular flexibility index (Phi) is 41.8. The number of hydrogen-bond donors (Lipinski definition) is 0. The number of hydrogen-bond acceptors (Lipinski definition) is 0. The van der Waals surface area contributed by atoms with Crippen LogP contribution in [0, 0.1) is 12.0 Å². The fourth-order valence-corrected chi connectivity index (χ4v) is 2.24. The van der Waals surface area contributed by atoms with Crippen LogP contribution < -0.4 is 37.2 Å². The summed E-state index contributed by atoms with van der Waals surface area (Å²) in [7, 11) is 0.323. The van der Waals surface area contributed by atoms with Crippen molar-refractivity contribution < 1.29 is 63.1 Å². The topological polar surface area (TPSA) is 0 Å². The van der Waals surface area contributed by atoms with Gasteiger partial charge in [0.15, 0.2) is 0 Å². The maximum atomic E-state index is 2.99. The third-order valence-corrected chi connectivity index (χ3v) is 2.48. The molecular weight excluding hydrogens is 448 g/mol. The Morgan fingerprint density at radius 2 is 1.69 bits per heavy atom. The Balaban J connectivity index is -0.0000000411. The molecule has 0 aromatic carbocycles. The summed E-state index contributed by atoms with van der Waals surface area (Å²) in [5, 5.41) is 0. The molecule has 0 unspecified atom stereocenters. The van der Waals surface area contributed by atoms with Crippen LogP contribution in [-0.2, 0) is 25.8 Å². The second kappa shape index (κ2) is 21.9. The Morgan fingerprint density at radius 3 is 1.75 bits per heavy atom. The molecule has 1 rings (SSSR count). The minimum Gasteiger partial charge on any atom is -1.00 e. The first-order valence-corrected chi connectivity index (χ1v) is 6.70. The van der Waals surface area contributed by atoms with E-state index in [4.69, 9.17) is 0 Å². The SMILES string of the molecule is C[C-](C)CP(C)C.[C-]1=CC=CC1.[Cl-].[Cl-].[Cl-].[Hf]. The maximum absolute atomic E-state index is 2.99. The van der Waals surface area contributed by atoms with Crippen molar-refractivity contribution in [2.75, 3.05) is 19.5 Å². The first-order valence-electron chi connectivity index (χ1n) is 4.28. The monoisotopic (exact) mass is 467 g/mol. The molecule has 0 N–H and O–H groups in total. The van der Waals surface area contributed by atoms with E-state index < -0.39 is 0 Å². The van der Waals surface area contributed by atoms with Crippen molar-refractivity contribution in [3.63, 3.8) is 0 Å². The molecule has 0 aromatic heterocycles. The molecule has 16 heavy (non-hydrogen) atoms. The van der Waals surface area contributed by atoms with E-state index in [-0.39, 0.29) is 63.1 Å². The first kappa shape index (κ1) is 30.6. The minimum atomic E-state index is 0. The third-order valence-electron chi connectivity index (χ3n) is 1.22. The Hall–Kier alpha value is 1.65. The van der Waals surface area contributed by atoms with Gasteiger partial charge in [0.2, 0.25) is 0 Å². The molecular formula is C11H19Cl3HfP-5. The summed E-state index contributed by atoms with van der Waals surface area (Å²) in [6.45, 7) is 9.01. The molecule has 0 saturated carbocycles. The van der Waals surface area contributed by atoms with Gasteiger partial charge in [-0.2, -0.15) is 26.1 Å². The summed E-state index contributed by atoms with van der Waals surface area (Å²) in [6.07, 6.45) is 11.3. The Labute approximate surface area is 140 Å². The molecule has 0 fully saturated rings. The molecule has 98 valence electrons. The van der Waals surface area contributed by atoms with E-state index in [1.54, 1.807) is 5.92 Å². The smallest absolute Gasteiger partial charge is 0 e. The van der Waals surface area contributed by atoms with Gasteiger partial charge in [-0.05, 0) is 13.3 Å². The van der Waals surface area contributed by atoms with Crippen LogP contribution in [-0.4, -0.2) is 19.5 Å². The summed E-state index contributed by atoms with van der Waals surface area (Å²) in [5.41, 5.74) is 0. The zero-order valence-corrected chi connectivity index (χ0v) is 17.0. The van der Waals surface area contributed by atoms with Gasteiger partial charge in [-0.3, -0.25) is 6.08 Å². The van der Waals surface area contributed by atoms with Gasteiger partial charge in [0.1, 0.15) is 0 Å². The molecule has 0 aromatic rings. The average molecular weight is 467 g/mol. The van der Waals surface area contributed by atoms with Crippen molar-refractivity contribution in [1.82, 2.24) is 0 Å². The molecule has 0 spiro atoms. The maximum Gasteiger partial charge on any atom is 0 e. The van der Waals surface area contributed by atoms with Crippen molar-refractivity contribution >= 4 is 7.92 Å². The molecule has 0 saturated heterocycles. The van der Waals surface area contributed by atoms with E-state index in [1.165, 1.54) is 6.16 Å². The van der Waals surface area contributed by atoms with Crippen LogP contribution in [0.3, 0.4) is 0 Å². The van der Waals surface area contributed by atoms with Crippen molar-refractivity contribution in [2.24, 2.45) is 0 Å². The number of allylic oxidation sites excluding steroid dienone is 4. The van der Waals surface area contributed by atoms with E-state index in [1.807, 2.05) is 12.2 Å². The van der Waals surface area contributed by atoms with Gasteiger partial charge in [-0.25, -0.2) is 12.2 Å². The second-order valence-corrected chi connectivity index (χ2v) is 5.92. The normalized spacial score (nSPS) is 10.4. The molecule has 0 nitrogen and oxygen atoms in total. The fraction of sp³-hybridized carbons (Fsp3) is 0.545. The summed E-state index contributed by atoms with van der Waals surface area (Å²) in [5.74, 6) is 1.57. The average Bonchev–Trinajstić information content (AvgIpc) is 2.36. The quantitative estimate of drug-likeness (QED) is 0.217. The van der Waals surface area contributed by atoms with Gasteiger partial charge in [0.05, 0.1) is 0 Å². The van der Waals surface area contributed by atoms with Crippen molar-refractivity contribution in [3.05, 3.63) is 30.2 Å². The molecule has 0 heterocycles. The molecule has 5 heteroatoms. The van der Waals surface area contributed by atoms with Crippen LogP contribution in [0.5, 0.6) is 0 Å². The van der Waals surface area contributed by atoms with Gasteiger partial charge in [-0.1, -0.05) is 0 Å². The van der Waals surface area contributed by atoms with Crippen LogP contribution in [0.2, 0.25) is 0 Å². The largest absolute Gasteiger partial charge is 1.00 e. The molecule has 0 aliphatic heterocycles. The van der Waals surface area contributed by atoms with Crippen molar-refractivity contribution in [1.29, 1.82) is 0 Å². The molecule has 0 bridgehead atoms. The van der Waals surface area contributed by atoms with Gasteiger partial charge in [0, 0.05) is 25.8 Å². The zero-order chi connectivity index (χ0) is 9.40. The summed E-state index contributed by atoms with van der Waals surface area (Å²) in [4.78, 5) is 0. The number of halogens is 3. The van der Waals surface area contributed by atoms with E-state index in [9.17, 15) is 0 Å². The van der Waals surface area contributed by atoms with Gasteiger partial charge in [-0.15, -0.1) is 14.3 Å². The second-order valence-electron chi connectivity index (χ2n) is 3.45. The van der Waals surface area contributed by atoms with E-state index in [0.717, 1.165) is 6.42 Å². The van der Waals surface area contributed by atoms with E-state index >= 15 is 0 Å². The van der Waals surface area contributed by atoms with Gasteiger partial charge >= 0.3 is 0 Å². The van der Waals surface area contributed by atoms with Gasteiger partial charge < -0.3 is 43.1 Å². The van der Waals surface area contributed by atoms with Crippen LogP contribution >= 0.6 is 7.92 Å². The Morgan fingerprint density at radius 1 is 1.19 bits per heavy atom. The standard InChI is InChI=1S/C6H14P.C5H5.3ClH.Hf/c1-6(2)5-7(3)4;1-2-4-5-3-1;;;;/h5H2,1-4H3;1-3H,4H2;3*1H;/q2*-1;;;;/p-3. The van der Waals surface area contributed by atoms with Crippen molar-refractivity contribution in [3.8, 4) is 0 Å². The molecule has 1 aliphatic rings. The third kappa shape index (κ3) is 29.6. The summed E-state index contributed by atoms with van der Waals surface area (Å²) >= 11 is 0. The first-order chi connectivity index (χ1) is 5.63. The number of rotatable bonds is 2. The zero-order valence-electron chi connectivity index (χ0n) is 10.2. The molecule has 1 aliphatic carbocycles. The van der Waals surface area contributed by atoms with E-state index in [0.29, 0.717) is 7.92 Å². The Bertz CT molecular complexity index is 143. The van der Waals surface area contributed by atoms with Crippen LogP contribution in [0.25, 0.3) is 0 Å². The predicted molar refractivity (Wildman–Crippen MR) is 59.8 cm³/mol. The van der Waals surface area contributed by atoms with Crippen LogP contribution in [0.15, 0.2) is 18.2 Å². The molecule has 0 atom stereocenters. The molecule has 0 amide bonds. The van der Waals surface area contributed by atoms with E-state index in [2.05, 4.69) is 39.3 Å². The fourth-order valence-electron chi connectivity index (χ4n) is 0.973. The molecule has 0 radical (unpaired) electrons. The minimum absolute atomic E-state index is 0. The van der Waals surface area contributed by atoms with Crippen LogP contribution in [0.1, 0.15) is 20.3 Å². The predicted octanol–water partition coefficient (Wildman–Crippen LogP) is -5.34. The summed E-state index contributed by atoms with van der Waals surface area (Å²) in [6, 6.07) is 0. The van der Waals surface area contributed by atoms with Gasteiger partial charge in [0.25, 0.3) is 0 Å².